The molecule has 0 aromatic rings. The summed E-state index contributed by atoms with van der Waals surface area (Å²) in [6.45, 7) is 0. The Balaban J connectivity index is 1.73. The maximum Gasteiger partial charge on any atom is 0.125 e. The van der Waals surface area contributed by atoms with E-state index in [1.807, 2.05) is 0 Å². The maximum atomic E-state index is 6.31. The molecule has 0 radical (unpaired) electrons. The normalized spacial score (nSPS) is 61.1. The van der Waals surface area contributed by atoms with Crippen molar-refractivity contribution < 1.29 is 0 Å². The lowest BCUT2D eigenvalue weighted by atomic mass is 10.1. The molecule has 4 rings (SSSR count). The molecule has 0 aromatic carbocycles. The van der Waals surface area contributed by atoms with Gasteiger partial charge in [0.15, 0.2) is 0 Å². The van der Waals surface area contributed by atoms with Gasteiger partial charge >= 0.3 is 0 Å². The van der Waals surface area contributed by atoms with Crippen LogP contribution in [0.25, 0.3) is 0 Å². The molecule has 0 aromatic heterocycles. The number of rotatable bonds is 0. The van der Waals surface area contributed by atoms with Crippen LogP contribution in [0.5, 0.6) is 0 Å². The minimum Gasteiger partial charge on any atom is -0.101 e. The third kappa shape index (κ3) is 1.10. The van der Waals surface area contributed by atoms with Gasteiger partial charge in [-0.25, -0.2) is 0 Å². The summed E-state index contributed by atoms with van der Waals surface area (Å²) in [4.78, 5) is 0. The topological polar surface area (TPSA) is 0 Å². The van der Waals surface area contributed by atoms with Gasteiger partial charge in [0.2, 0.25) is 0 Å². The van der Waals surface area contributed by atoms with Crippen LogP contribution in [0.1, 0.15) is 6.42 Å². The molecule has 6 heteroatoms. The molecule has 0 amide bonds. The van der Waals surface area contributed by atoms with E-state index in [-0.39, 0.29) is 35.5 Å². The Morgan fingerprint density at radius 2 is 0.938 bits per heavy atom. The second-order valence-corrected chi connectivity index (χ2v) is 9.91. The fraction of sp³-hybridized carbons (Fsp3) is 1.00. The molecular formula is C10H8Cl6. The summed E-state index contributed by atoms with van der Waals surface area (Å²) in [5.41, 5.74) is 0. The molecule has 0 N–H and O–H groups in total. The van der Waals surface area contributed by atoms with Crippen molar-refractivity contribution in [1.82, 2.24) is 0 Å². The molecule has 6 atom stereocenters. The fourth-order valence-corrected chi connectivity index (χ4v) is 6.75. The van der Waals surface area contributed by atoms with E-state index in [2.05, 4.69) is 0 Å². The Hall–Kier alpha value is 1.74. The molecule has 4 aliphatic carbocycles. The lowest BCUT2D eigenvalue weighted by Gasteiger charge is -1.99. The van der Waals surface area contributed by atoms with Gasteiger partial charge in [-0.15, -0.1) is 69.6 Å². The number of alkyl halides is 6. The van der Waals surface area contributed by atoms with Crippen LogP contribution in [-0.2, 0) is 0 Å². The molecule has 0 saturated heterocycles. The number of fused-ring (bicyclic) bond motifs is 5. The molecule has 4 aliphatic rings. The molecule has 0 nitrogen and oxygen atoms in total. The van der Waals surface area contributed by atoms with Crippen molar-refractivity contribution in [1.29, 1.82) is 0 Å². The van der Waals surface area contributed by atoms with Crippen molar-refractivity contribution in [2.75, 3.05) is 0 Å². The van der Waals surface area contributed by atoms with Gasteiger partial charge in [-0.1, -0.05) is 0 Å². The van der Waals surface area contributed by atoms with Crippen LogP contribution in [0.2, 0.25) is 0 Å². The van der Waals surface area contributed by atoms with Gasteiger partial charge in [0.25, 0.3) is 0 Å². The highest BCUT2D eigenvalue weighted by Crippen LogP contribution is 2.87. The number of hydrogen-bond acceptors (Lipinski definition) is 0. The Kier molecular flexibility index (Phi) is 2.00. The van der Waals surface area contributed by atoms with Gasteiger partial charge in [-0.3, -0.25) is 0 Å². The zero-order valence-corrected chi connectivity index (χ0v) is 12.5. The zero-order valence-electron chi connectivity index (χ0n) is 7.94. The second kappa shape index (κ2) is 2.76. The monoisotopic (exact) mass is 338 g/mol. The molecule has 0 unspecified atom stereocenters. The Labute approximate surface area is 124 Å². The van der Waals surface area contributed by atoms with Gasteiger partial charge < -0.3 is 0 Å². The molecule has 0 spiro atoms. The van der Waals surface area contributed by atoms with Crippen LogP contribution < -0.4 is 0 Å². The largest absolute Gasteiger partial charge is 0.125 e. The van der Waals surface area contributed by atoms with Crippen LogP contribution >= 0.6 is 69.6 Å². The summed E-state index contributed by atoms with van der Waals surface area (Å²) in [7, 11) is 0. The van der Waals surface area contributed by atoms with E-state index < -0.39 is 13.0 Å². The van der Waals surface area contributed by atoms with Crippen LogP contribution in [0.3, 0.4) is 0 Å². The first-order valence-corrected chi connectivity index (χ1v) is 7.62. The molecule has 90 valence electrons. The highest BCUT2D eigenvalue weighted by Gasteiger charge is 2.88. The fourth-order valence-electron chi connectivity index (χ4n) is 3.99. The SMILES string of the molecule is ClC1(Cl)[C@@H]2[C@H]1[C@H]1[C@@H](C[C@@H]3[C@@H]2C3(Cl)Cl)C1(Cl)Cl. The second-order valence-electron chi connectivity index (χ2n) is 5.58. The standard InChI is InChI=1S/C10H8Cl6/c11-8(12)2-1-3-5(9(3,13)14)7-6(4(2)8)10(7,15)16/h2-7H,1H2/t2-,3-,4-,5+,6-,7+/m1/s1. The van der Waals surface area contributed by atoms with Crippen molar-refractivity contribution in [3.05, 3.63) is 0 Å². The molecule has 4 saturated carbocycles. The highest BCUT2D eigenvalue weighted by molar-refractivity contribution is 6.55. The number of halogens is 6. The Morgan fingerprint density at radius 1 is 0.562 bits per heavy atom. The van der Waals surface area contributed by atoms with E-state index in [9.17, 15) is 0 Å². The van der Waals surface area contributed by atoms with Crippen LogP contribution in [0.4, 0.5) is 0 Å². The van der Waals surface area contributed by atoms with Crippen molar-refractivity contribution in [2.24, 2.45) is 35.5 Å². The van der Waals surface area contributed by atoms with E-state index in [1.54, 1.807) is 0 Å². The van der Waals surface area contributed by atoms with Crippen LogP contribution in [0, 0.1) is 35.5 Å². The van der Waals surface area contributed by atoms with Gasteiger partial charge in [0.1, 0.15) is 13.0 Å². The molecule has 0 aliphatic heterocycles. The summed E-state index contributed by atoms with van der Waals surface area (Å²) < 4.78 is -2.04. The minimum atomic E-state index is -0.719. The molecule has 0 heterocycles. The third-order valence-electron chi connectivity index (χ3n) is 4.97. The lowest BCUT2D eigenvalue weighted by Crippen LogP contribution is -1.98. The summed E-state index contributed by atoms with van der Waals surface area (Å²) in [6.07, 6.45) is 0.909. The average Bonchev–Trinajstić information content (AvgIpc) is 2.96. The zero-order chi connectivity index (χ0) is 11.7. The third-order valence-corrected chi connectivity index (χ3v) is 8.11. The molecule has 16 heavy (non-hydrogen) atoms. The minimum absolute atomic E-state index is 0.171. The maximum absolute atomic E-state index is 6.31. The predicted molar refractivity (Wildman–Crippen MR) is 68.9 cm³/mol. The van der Waals surface area contributed by atoms with E-state index in [4.69, 9.17) is 69.6 Å². The first-order valence-electron chi connectivity index (χ1n) is 5.35. The van der Waals surface area contributed by atoms with Gasteiger partial charge in [-0.2, -0.15) is 0 Å². The van der Waals surface area contributed by atoms with E-state index in [0.29, 0.717) is 0 Å². The highest BCUT2D eigenvalue weighted by atomic mass is 35.5. The van der Waals surface area contributed by atoms with E-state index in [0.717, 1.165) is 6.42 Å². The summed E-state index contributed by atoms with van der Waals surface area (Å²) in [6, 6.07) is 0. The first-order chi connectivity index (χ1) is 7.22. The van der Waals surface area contributed by atoms with E-state index in [1.165, 1.54) is 0 Å². The quantitative estimate of drug-likeness (QED) is 0.563. The van der Waals surface area contributed by atoms with Gasteiger partial charge in [0.05, 0.1) is 0 Å². The summed E-state index contributed by atoms with van der Waals surface area (Å²) in [5, 5.41) is 0. The Bertz CT molecular complexity index is 355. The van der Waals surface area contributed by atoms with Crippen molar-refractivity contribution >= 4 is 69.6 Å². The van der Waals surface area contributed by atoms with Crippen molar-refractivity contribution in [3.63, 3.8) is 0 Å². The average molecular weight is 341 g/mol. The predicted octanol–water partition coefficient (Wildman–Crippen LogP) is 4.65. The smallest absolute Gasteiger partial charge is 0.101 e. The first kappa shape index (κ1) is 11.6. The van der Waals surface area contributed by atoms with Crippen molar-refractivity contribution in [2.45, 2.75) is 19.4 Å². The molecule has 4 fully saturated rings. The van der Waals surface area contributed by atoms with Gasteiger partial charge in [-0.05, 0) is 18.3 Å². The lowest BCUT2D eigenvalue weighted by molar-refractivity contribution is 0.569. The summed E-state index contributed by atoms with van der Waals surface area (Å²) >= 11 is 37.7. The number of hydrogen-bond donors (Lipinski definition) is 0. The van der Waals surface area contributed by atoms with Gasteiger partial charge in [0, 0.05) is 23.7 Å². The molecule has 0 bridgehead atoms. The Morgan fingerprint density at radius 3 is 1.31 bits per heavy atom. The van der Waals surface area contributed by atoms with Crippen molar-refractivity contribution in [3.8, 4) is 0 Å². The van der Waals surface area contributed by atoms with E-state index >= 15 is 0 Å². The van der Waals surface area contributed by atoms with Crippen LogP contribution in [-0.4, -0.2) is 13.0 Å². The summed E-state index contributed by atoms with van der Waals surface area (Å²) in [5.74, 6) is 1.32. The van der Waals surface area contributed by atoms with Crippen LogP contribution in [0.15, 0.2) is 0 Å². The molecular weight excluding hydrogens is 333 g/mol.